The van der Waals surface area contributed by atoms with E-state index in [4.69, 9.17) is 7.85 Å². The second kappa shape index (κ2) is 3.89. The molecule has 0 spiro atoms. The fraction of sp³-hybridized carbons (Fsp3) is 0.222. The highest BCUT2D eigenvalue weighted by atomic mass is 16.1. The van der Waals surface area contributed by atoms with Crippen molar-refractivity contribution in [1.29, 1.82) is 0 Å². The molecule has 0 amide bonds. The van der Waals surface area contributed by atoms with Crippen molar-refractivity contribution < 1.29 is 4.79 Å². The molecule has 12 heavy (non-hydrogen) atoms. The van der Waals surface area contributed by atoms with Gasteiger partial charge in [-0.3, -0.25) is 0 Å². The van der Waals surface area contributed by atoms with Gasteiger partial charge in [-0.25, -0.2) is 4.79 Å². The summed E-state index contributed by atoms with van der Waals surface area (Å²) in [6.07, 6.45) is 1.52. The first kappa shape index (κ1) is 8.76. The summed E-state index contributed by atoms with van der Waals surface area (Å²) in [4.78, 5) is 13.5. The lowest BCUT2D eigenvalue weighted by atomic mass is 9.94. The quantitative estimate of drug-likeness (QED) is 0.356. The summed E-state index contributed by atoms with van der Waals surface area (Å²) in [5.74, 6) is 0. The molecule has 1 aromatic rings. The lowest BCUT2D eigenvalue weighted by Gasteiger charge is -2.03. The van der Waals surface area contributed by atoms with Gasteiger partial charge in [0.25, 0.3) is 0 Å². The summed E-state index contributed by atoms with van der Waals surface area (Å²) >= 11 is 0. The van der Waals surface area contributed by atoms with E-state index in [9.17, 15) is 4.79 Å². The molecule has 0 aromatic heterocycles. The van der Waals surface area contributed by atoms with Crippen LogP contribution in [0.5, 0.6) is 0 Å². The molecular formula is C9H8BNO. The highest BCUT2D eigenvalue weighted by molar-refractivity contribution is 6.32. The van der Waals surface area contributed by atoms with Crippen molar-refractivity contribution >= 4 is 19.4 Å². The Morgan fingerprint density at radius 3 is 2.50 bits per heavy atom. The number of hydrogen-bond donors (Lipinski definition) is 0. The molecule has 0 heterocycles. The molecular weight excluding hydrogens is 149 g/mol. The first-order chi connectivity index (χ1) is 5.74. The van der Waals surface area contributed by atoms with Crippen LogP contribution in [0.4, 0.5) is 0 Å². The molecule has 0 saturated carbocycles. The minimum absolute atomic E-state index is 0.136. The molecule has 3 heteroatoms. The van der Waals surface area contributed by atoms with Crippen LogP contribution in [0.3, 0.4) is 0 Å². The van der Waals surface area contributed by atoms with E-state index in [2.05, 4.69) is 4.99 Å². The van der Waals surface area contributed by atoms with Crippen molar-refractivity contribution in [3.8, 4) is 0 Å². The number of hydrogen-bond acceptors (Lipinski definition) is 2. The zero-order valence-electron chi connectivity index (χ0n) is 6.82. The number of carbonyl (C=O) groups excluding carboxylic acids is 1. The summed E-state index contributed by atoms with van der Waals surface area (Å²) < 4.78 is 0. The van der Waals surface area contributed by atoms with E-state index in [1.165, 1.54) is 6.08 Å². The monoisotopic (exact) mass is 157 g/mol. The Kier molecular flexibility index (Phi) is 2.84. The van der Waals surface area contributed by atoms with Gasteiger partial charge in [0.05, 0.1) is 6.04 Å². The molecule has 2 radical (unpaired) electrons. The van der Waals surface area contributed by atoms with E-state index in [0.29, 0.717) is 5.46 Å². The van der Waals surface area contributed by atoms with Gasteiger partial charge >= 0.3 is 0 Å². The van der Waals surface area contributed by atoms with Crippen LogP contribution in [-0.4, -0.2) is 13.9 Å². The van der Waals surface area contributed by atoms with Crippen LogP contribution in [-0.2, 0) is 4.79 Å². The average molecular weight is 157 g/mol. The molecule has 2 nitrogen and oxygen atoms in total. The fourth-order valence-electron chi connectivity index (χ4n) is 0.928. The summed E-state index contributed by atoms with van der Waals surface area (Å²) in [5, 5.41) is 0. The van der Waals surface area contributed by atoms with Gasteiger partial charge in [0.15, 0.2) is 0 Å². The van der Waals surface area contributed by atoms with E-state index >= 15 is 0 Å². The first-order valence-electron chi connectivity index (χ1n) is 3.66. The molecule has 58 valence electrons. The van der Waals surface area contributed by atoms with Crippen LogP contribution in [0.15, 0.2) is 29.3 Å². The van der Waals surface area contributed by atoms with Gasteiger partial charge in [-0.15, -0.1) is 0 Å². The molecule has 0 bridgehead atoms. The van der Waals surface area contributed by atoms with Crippen molar-refractivity contribution in [1.82, 2.24) is 0 Å². The second-order valence-electron chi connectivity index (χ2n) is 2.56. The molecule has 1 atom stereocenters. The van der Waals surface area contributed by atoms with Crippen molar-refractivity contribution in [2.24, 2.45) is 4.99 Å². The molecule has 0 aliphatic rings. The zero-order valence-corrected chi connectivity index (χ0v) is 6.82. The van der Waals surface area contributed by atoms with E-state index in [0.717, 1.165) is 5.56 Å². The summed E-state index contributed by atoms with van der Waals surface area (Å²) in [5.41, 5.74) is 1.67. The van der Waals surface area contributed by atoms with Crippen LogP contribution in [0.25, 0.3) is 0 Å². The number of benzene rings is 1. The maximum absolute atomic E-state index is 9.94. The molecule has 1 aromatic carbocycles. The number of nitrogens with zero attached hydrogens (tertiary/aromatic N) is 1. The standard InChI is InChI=1S/C9H8BNO/c1-7(11-6-12)8-2-4-9(10)5-3-8/h2-5,7H,1H3/t7-/m0/s1. The van der Waals surface area contributed by atoms with Crippen molar-refractivity contribution in [2.75, 3.05) is 0 Å². The van der Waals surface area contributed by atoms with Gasteiger partial charge in [0, 0.05) is 0 Å². The number of aliphatic imine (C=N–C) groups is 1. The summed E-state index contributed by atoms with van der Waals surface area (Å²) in [7, 11) is 5.49. The van der Waals surface area contributed by atoms with Crippen molar-refractivity contribution in [3.63, 3.8) is 0 Å². The fourth-order valence-corrected chi connectivity index (χ4v) is 0.928. The van der Waals surface area contributed by atoms with Crippen LogP contribution in [0.1, 0.15) is 18.5 Å². The maximum atomic E-state index is 9.94. The Morgan fingerprint density at radius 1 is 1.42 bits per heavy atom. The van der Waals surface area contributed by atoms with Gasteiger partial charge < -0.3 is 0 Å². The topological polar surface area (TPSA) is 29.4 Å². The lowest BCUT2D eigenvalue weighted by molar-refractivity contribution is 0.559. The van der Waals surface area contributed by atoms with Crippen LogP contribution >= 0.6 is 0 Å². The Bertz CT molecular complexity index is 301. The molecule has 0 unspecified atom stereocenters. The molecule has 0 aliphatic carbocycles. The highest BCUT2D eigenvalue weighted by Crippen LogP contribution is 2.13. The Hall–Kier alpha value is -1.34. The summed E-state index contributed by atoms with van der Waals surface area (Å²) in [6.45, 7) is 1.83. The molecule has 0 saturated heterocycles. The minimum Gasteiger partial charge on any atom is -0.211 e. The lowest BCUT2D eigenvalue weighted by Crippen LogP contribution is -2.01. The molecule has 1 rings (SSSR count). The number of rotatable bonds is 2. The minimum atomic E-state index is -0.136. The van der Waals surface area contributed by atoms with E-state index in [1.54, 1.807) is 12.1 Å². The van der Waals surface area contributed by atoms with E-state index in [-0.39, 0.29) is 6.04 Å². The third kappa shape index (κ3) is 2.07. The van der Waals surface area contributed by atoms with Crippen LogP contribution in [0, 0.1) is 0 Å². The Morgan fingerprint density at radius 2 is 2.00 bits per heavy atom. The maximum Gasteiger partial charge on any atom is 0.235 e. The molecule has 0 N–H and O–H groups in total. The van der Waals surface area contributed by atoms with Gasteiger partial charge in [0.2, 0.25) is 6.08 Å². The van der Waals surface area contributed by atoms with E-state index < -0.39 is 0 Å². The Labute approximate surface area is 72.7 Å². The van der Waals surface area contributed by atoms with Crippen LogP contribution < -0.4 is 5.46 Å². The smallest absolute Gasteiger partial charge is 0.211 e. The first-order valence-corrected chi connectivity index (χ1v) is 3.66. The predicted octanol–water partition coefficient (Wildman–Crippen LogP) is 0.877. The second-order valence-corrected chi connectivity index (χ2v) is 2.56. The third-order valence-electron chi connectivity index (χ3n) is 1.67. The summed E-state index contributed by atoms with van der Waals surface area (Å²) in [6, 6.07) is 7.13. The van der Waals surface area contributed by atoms with Crippen molar-refractivity contribution in [3.05, 3.63) is 29.8 Å². The number of isocyanates is 1. The largest absolute Gasteiger partial charge is 0.235 e. The van der Waals surface area contributed by atoms with Gasteiger partial charge in [-0.1, -0.05) is 29.7 Å². The van der Waals surface area contributed by atoms with Crippen molar-refractivity contribution in [2.45, 2.75) is 13.0 Å². The average Bonchev–Trinajstić information content (AvgIpc) is 2.06. The predicted molar refractivity (Wildman–Crippen MR) is 48.4 cm³/mol. The molecule has 0 aliphatic heterocycles. The Balaban J connectivity index is 2.89. The van der Waals surface area contributed by atoms with Gasteiger partial charge in [-0.2, -0.15) is 4.99 Å². The normalized spacial score (nSPS) is 11.8. The molecule has 0 fully saturated rings. The van der Waals surface area contributed by atoms with Crippen LogP contribution in [0.2, 0.25) is 0 Å². The SMILES string of the molecule is [B]c1ccc([C@H](C)N=C=O)cc1. The van der Waals surface area contributed by atoms with Gasteiger partial charge in [-0.05, 0) is 12.5 Å². The zero-order chi connectivity index (χ0) is 8.97. The van der Waals surface area contributed by atoms with Gasteiger partial charge in [0.1, 0.15) is 7.85 Å². The van der Waals surface area contributed by atoms with E-state index in [1.807, 2.05) is 19.1 Å². The highest BCUT2D eigenvalue weighted by Gasteiger charge is 2.00. The third-order valence-corrected chi connectivity index (χ3v) is 1.67.